The molecule has 150 valence electrons. The summed E-state index contributed by atoms with van der Waals surface area (Å²) >= 11 is 0. The third kappa shape index (κ3) is 5.98. The number of rotatable bonds is 6. The van der Waals surface area contributed by atoms with E-state index in [4.69, 9.17) is 4.99 Å². The second-order valence-corrected chi connectivity index (χ2v) is 8.18. The van der Waals surface area contributed by atoms with Gasteiger partial charge < -0.3 is 15.5 Å². The van der Waals surface area contributed by atoms with Crippen LogP contribution >= 0.6 is 0 Å². The van der Waals surface area contributed by atoms with Gasteiger partial charge in [-0.25, -0.2) is 0 Å². The number of carbonyl (C=O) groups excluding carboxylic acids is 1. The van der Waals surface area contributed by atoms with Gasteiger partial charge in [-0.2, -0.15) is 0 Å². The first-order valence-electron chi connectivity index (χ1n) is 10.2. The topological polar surface area (TPSA) is 56.7 Å². The monoisotopic (exact) mass is 372 g/mol. The van der Waals surface area contributed by atoms with Gasteiger partial charge in [0.25, 0.3) is 0 Å². The minimum Gasteiger partial charge on any atom is -0.359 e. The van der Waals surface area contributed by atoms with Crippen LogP contribution < -0.4 is 10.6 Å². The Kier molecular flexibility index (Phi) is 7.69. The molecule has 1 aliphatic heterocycles. The van der Waals surface area contributed by atoms with E-state index >= 15 is 0 Å². The molecule has 1 saturated heterocycles. The predicted molar refractivity (Wildman–Crippen MR) is 113 cm³/mol. The standard InChI is InChI=1S/C22H36N4O/c1-6-24-21(26-13-11-18(12-14-26)15-20(27)23-5)25-16-22(3,4)19-10-8-7-9-17(19)2/h7-10,18H,6,11-16H2,1-5H3,(H,23,27)(H,24,25). The minimum atomic E-state index is -0.0104. The molecular formula is C22H36N4O. The predicted octanol–water partition coefficient (Wildman–Crippen LogP) is 3.09. The van der Waals surface area contributed by atoms with Crippen LogP contribution in [0.2, 0.25) is 0 Å². The Morgan fingerprint density at radius 1 is 1.26 bits per heavy atom. The lowest BCUT2D eigenvalue weighted by Gasteiger charge is -2.35. The third-order valence-corrected chi connectivity index (χ3v) is 5.50. The number of nitrogens with one attached hydrogen (secondary N) is 2. The Morgan fingerprint density at radius 3 is 2.52 bits per heavy atom. The summed E-state index contributed by atoms with van der Waals surface area (Å²) in [7, 11) is 1.71. The van der Waals surface area contributed by atoms with Crippen molar-refractivity contribution in [2.45, 2.75) is 52.4 Å². The average Bonchev–Trinajstić information content (AvgIpc) is 2.66. The zero-order valence-electron chi connectivity index (χ0n) is 17.6. The molecule has 0 aromatic heterocycles. The Labute approximate surface area is 164 Å². The average molecular weight is 373 g/mol. The number of guanidine groups is 1. The van der Waals surface area contributed by atoms with Crippen molar-refractivity contribution < 1.29 is 4.79 Å². The van der Waals surface area contributed by atoms with Crippen molar-refractivity contribution in [3.63, 3.8) is 0 Å². The minimum absolute atomic E-state index is 0.0104. The van der Waals surface area contributed by atoms with E-state index in [-0.39, 0.29) is 11.3 Å². The number of aryl methyl sites for hydroxylation is 1. The van der Waals surface area contributed by atoms with E-state index in [1.807, 2.05) is 0 Å². The Balaban J connectivity index is 2.02. The van der Waals surface area contributed by atoms with Gasteiger partial charge in [-0.3, -0.25) is 9.79 Å². The van der Waals surface area contributed by atoms with E-state index in [2.05, 4.69) is 67.5 Å². The quantitative estimate of drug-likeness (QED) is 0.596. The molecule has 1 fully saturated rings. The summed E-state index contributed by atoms with van der Waals surface area (Å²) in [5, 5.41) is 6.19. The molecule has 1 aromatic carbocycles. The highest BCUT2D eigenvalue weighted by Gasteiger charge is 2.25. The molecule has 1 heterocycles. The summed E-state index contributed by atoms with van der Waals surface area (Å²) in [4.78, 5) is 18.9. The van der Waals surface area contributed by atoms with Crippen molar-refractivity contribution in [3.8, 4) is 0 Å². The lowest BCUT2D eigenvalue weighted by atomic mass is 9.82. The molecule has 1 amide bonds. The van der Waals surface area contributed by atoms with Crippen LogP contribution in [0.25, 0.3) is 0 Å². The van der Waals surface area contributed by atoms with Gasteiger partial charge in [0.05, 0.1) is 6.54 Å². The maximum absolute atomic E-state index is 11.6. The lowest BCUT2D eigenvalue weighted by Crippen LogP contribution is -2.46. The molecule has 5 nitrogen and oxygen atoms in total. The second kappa shape index (κ2) is 9.77. The smallest absolute Gasteiger partial charge is 0.220 e. The van der Waals surface area contributed by atoms with Gasteiger partial charge >= 0.3 is 0 Å². The van der Waals surface area contributed by atoms with Crippen molar-refractivity contribution in [2.75, 3.05) is 33.2 Å². The molecule has 0 unspecified atom stereocenters. The summed E-state index contributed by atoms with van der Waals surface area (Å²) in [6, 6.07) is 8.58. The van der Waals surface area contributed by atoms with E-state index in [0.29, 0.717) is 12.3 Å². The van der Waals surface area contributed by atoms with Gasteiger partial charge in [0.15, 0.2) is 5.96 Å². The number of hydrogen-bond donors (Lipinski definition) is 2. The molecule has 0 saturated carbocycles. The fourth-order valence-corrected chi connectivity index (χ4v) is 3.83. The highest BCUT2D eigenvalue weighted by Crippen LogP contribution is 2.27. The first kappa shape index (κ1) is 21.3. The van der Waals surface area contributed by atoms with Gasteiger partial charge in [-0.05, 0) is 43.7 Å². The maximum atomic E-state index is 11.6. The molecule has 0 aliphatic carbocycles. The summed E-state index contributed by atoms with van der Waals surface area (Å²) in [5.74, 6) is 1.62. The van der Waals surface area contributed by atoms with Crippen LogP contribution in [0.15, 0.2) is 29.3 Å². The van der Waals surface area contributed by atoms with Crippen LogP contribution in [0.3, 0.4) is 0 Å². The summed E-state index contributed by atoms with van der Waals surface area (Å²) in [6.45, 7) is 12.3. The summed E-state index contributed by atoms with van der Waals surface area (Å²) in [5.41, 5.74) is 2.66. The zero-order chi connectivity index (χ0) is 19.9. The largest absolute Gasteiger partial charge is 0.359 e. The molecule has 0 spiro atoms. The van der Waals surface area contributed by atoms with Crippen LogP contribution in [-0.4, -0.2) is 50.0 Å². The van der Waals surface area contributed by atoms with Crippen LogP contribution in [0.1, 0.15) is 51.2 Å². The molecule has 0 bridgehead atoms. The van der Waals surface area contributed by atoms with E-state index in [1.165, 1.54) is 11.1 Å². The van der Waals surface area contributed by atoms with Crippen molar-refractivity contribution in [2.24, 2.45) is 10.9 Å². The molecule has 5 heteroatoms. The van der Waals surface area contributed by atoms with Gasteiger partial charge in [-0.1, -0.05) is 38.1 Å². The SMILES string of the molecule is CCNC(=NCC(C)(C)c1ccccc1C)N1CCC(CC(=O)NC)CC1. The first-order chi connectivity index (χ1) is 12.9. The molecule has 0 atom stereocenters. The number of hydrogen-bond acceptors (Lipinski definition) is 2. The van der Waals surface area contributed by atoms with Crippen molar-refractivity contribution in [3.05, 3.63) is 35.4 Å². The fraction of sp³-hybridized carbons (Fsp3) is 0.636. The molecular weight excluding hydrogens is 336 g/mol. The highest BCUT2D eigenvalue weighted by molar-refractivity contribution is 5.80. The van der Waals surface area contributed by atoms with E-state index in [0.717, 1.165) is 45.0 Å². The molecule has 2 rings (SSSR count). The Morgan fingerprint density at radius 2 is 1.93 bits per heavy atom. The third-order valence-electron chi connectivity index (χ3n) is 5.50. The van der Waals surface area contributed by atoms with E-state index < -0.39 is 0 Å². The fourth-order valence-electron chi connectivity index (χ4n) is 3.83. The summed E-state index contributed by atoms with van der Waals surface area (Å²) in [6.07, 6.45) is 2.72. The highest BCUT2D eigenvalue weighted by atomic mass is 16.1. The van der Waals surface area contributed by atoms with Crippen LogP contribution in [0.4, 0.5) is 0 Å². The maximum Gasteiger partial charge on any atom is 0.220 e. The van der Waals surface area contributed by atoms with Crippen molar-refractivity contribution in [1.82, 2.24) is 15.5 Å². The molecule has 2 N–H and O–H groups in total. The molecule has 1 aliphatic rings. The van der Waals surface area contributed by atoms with Gasteiger partial charge in [0.2, 0.25) is 5.91 Å². The number of aliphatic imine (C=N–C) groups is 1. The van der Waals surface area contributed by atoms with Crippen LogP contribution in [0.5, 0.6) is 0 Å². The zero-order valence-corrected chi connectivity index (χ0v) is 17.6. The van der Waals surface area contributed by atoms with Gasteiger partial charge in [0.1, 0.15) is 0 Å². The van der Waals surface area contributed by atoms with Crippen LogP contribution in [-0.2, 0) is 10.2 Å². The number of nitrogens with zero attached hydrogens (tertiary/aromatic N) is 2. The normalized spacial score (nSPS) is 16.3. The van der Waals surface area contributed by atoms with E-state index in [9.17, 15) is 4.79 Å². The Hall–Kier alpha value is -2.04. The van der Waals surface area contributed by atoms with Crippen molar-refractivity contribution >= 4 is 11.9 Å². The first-order valence-corrected chi connectivity index (χ1v) is 10.2. The number of carbonyl (C=O) groups is 1. The van der Waals surface area contributed by atoms with Gasteiger partial charge in [0, 0.05) is 38.5 Å². The summed E-state index contributed by atoms with van der Waals surface area (Å²) < 4.78 is 0. The number of benzene rings is 1. The number of likely N-dealkylation sites (tertiary alicyclic amines) is 1. The number of piperidine rings is 1. The molecule has 1 aromatic rings. The van der Waals surface area contributed by atoms with Crippen LogP contribution in [0, 0.1) is 12.8 Å². The Bertz CT molecular complexity index is 645. The van der Waals surface area contributed by atoms with Crippen molar-refractivity contribution in [1.29, 1.82) is 0 Å². The van der Waals surface area contributed by atoms with E-state index in [1.54, 1.807) is 7.05 Å². The molecule has 0 radical (unpaired) electrons. The van der Waals surface area contributed by atoms with Gasteiger partial charge in [-0.15, -0.1) is 0 Å². The lowest BCUT2D eigenvalue weighted by molar-refractivity contribution is -0.121. The number of amides is 1. The molecule has 27 heavy (non-hydrogen) atoms. The second-order valence-electron chi connectivity index (χ2n) is 8.18.